The van der Waals surface area contributed by atoms with E-state index in [2.05, 4.69) is 15.1 Å². The van der Waals surface area contributed by atoms with Crippen molar-refractivity contribution in [1.82, 2.24) is 20.0 Å². The molecule has 1 aliphatic rings. The van der Waals surface area contributed by atoms with Crippen LogP contribution in [0.2, 0.25) is 0 Å². The molecule has 0 bridgehead atoms. The van der Waals surface area contributed by atoms with Gasteiger partial charge in [0.05, 0.1) is 22.0 Å². The Morgan fingerprint density at radius 1 is 1.31 bits per heavy atom. The van der Waals surface area contributed by atoms with E-state index in [-0.39, 0.29) is 11.8 Å². The first kappa shape index (κ1) is 15.3. The molecule has 1 saturated heterocycles. The van der Waals surface area contributed by atoms with Crippen molar-refractivity contribution in [3.8, 4) is 11.7 Å². The van der Waals surface area contributed by atoms with Gasteiger partial charge in [-0.2, -0.15) is 4.98 Å². The SMILES string of the molecule is O=C(c1ccc2ncsc2c1)N1CCC(c2noc(-c3ccco3)n2)C1. The molecule has 1 unspecified atom stereocenters. The van der Waals surface area contributed by atoms with Gasteiger partial charge in [-0.05, 0) is 36.8 Å². The number of likely N-dealkylation sites (tertiary alicyclic amines) is 1. The van der Waals surface area contributed by atoms with Gasteiger partial charge in [0.2, 0.25) is 0 Å². The smallest absolute Gasteiger partial charge is 0.293 e. The monoisotopic (exact) mass is 366 g/mol. The van der Waals surface area contributed by atoms with E-state index >= 15 is 0 Å². The van der Waals surface area contributed by atoms with Crippen LogP contribution in [0.25, 0.3) is 21.9 Å². The topological polar surface area (TPSA) is 85.3 Å². The van der Waals surface area contributed by atoms with E-state index in [0.717, 1.165) is 16.6 Å². The molecule has 0 spiro atoms. The maximum atomic E-state index is 12.8. The van der Waals surface area contributed by atoms with E-state index in [4.69, 9.17) is 8.94 Å². The fourth-order valence-corrected chi connectivity index (χ4v) is 3.94. The number of hydrogen-bond acceptors (Lipinski definition) is 7. The van der Waals surface area contributed by atoms with Crippen LogP contribution in [0.1, 0.15) is 28.5 Å². The number of benzene rings is 1. The molecule has 4 aromatic rings. The van der Waals surface area contributed by atoms with Crippen molar-refractivity contribution in [3.63, 3.8) is 0 Å². The Morgan fingerprint density at radius 3 is 3.15 bits per heavy atom. The van der Waals surface area contributed by atoms with Gasteiger partial charge in [0, 0.05) is 24.6 Å². The summed E-state index contributed by atoms with van der Waals surface area (Å²) in [5, 5.41) is 4.06. The molecule has 1 aliphatic heterocycles. The average Bonchev–Trinajstić information content (AvgIpc) is 3.47. The fourth-order valence-electron chi connectivity index (χ4n) is 3.23. The van der Waals surface area contributed by atoms with Crippen LogP contribution in [0, 0.1) is 0 Å². The molecule has 4 heterocycles. The normalized spacial score (nSPS) is 17.2. The Kier molecular flexibility index (Phi) is 3.56. The van der Waals surface area contributed by atoms with Crippen molar-refractivity contribution in [2.75, 3.05) is 13.1 Å². The third-order valence-electron chi connectivity index (χ3n) is 4.59. The molecule has 5 rings (SSSR count). The summed E-state index contributed by atoms with van der Waals surface area (Å²) in [6, 6.07) is 9.18. The van der Waals surface area contributed by atoms with Gasteiger partial charge < -0.3 is 13.8 Å². The van der Waals surface area contributed by atoms with E-state index < -0.39 is 0 Å². The van der Waals surface area contributed by atoms with Crippen molar-refractivity contribution in [3.05, 3.63) is 53.5 Å². The first-order valence-electron chi connectivity index (χ1n) is 8.28. The molecule has 3 aromatic heterocycles. The number of carbonyl (C=O) groups is 1. The zero-order valence-corrected chi connectivity index (χ0v) is 14.5. The zero-order chi connectivity index (χ0) is 17.5. The first-order chi connectivity index (χ1) is 12.8. The minimum atomic E-state index is 0.0255. The Hall–Kier alpha value is -3.00. The molecular weight excluding hydrogens is 352 g/mol. The number of carbonyl (C=O) groups excluding carboxylic acids is 1. The highest BCUT2D eigenvalue weighted by molar-refractivity contribution is 7.16. The average molecular weight is 366 g/mol. The lowest BCUT2D eigenvalue weighted by Gasteiger charge is -2.15. The molecular formula is C18H14N4O3S. The van der Waals surface area contributed by atoms with Gasteiger partial charge in [0.25, 0.3) is 11.8 Å². The second-order valence-electron chi connectivity index (χ2n) is 6.21. The standard InChI is InChI=1S/C18H14N4O3S/c23-18(11-3-4-13-15(8-11)26-10-19-13)22-6-5-12(9-22)16-20-17(25-21-16)14-2-1-7-24-14/h1-4,7-8,10,12H,5-6,9H2. The van der Waals surface area contributed by atoms with Crippen LogP contribution in [0.5, 0.6) is 0 Å². The largest absolute Gasteiger partial charge is 0.459 e. The third-order valence-corrected chi connectivity index (χ3v) is 5.38. The van der Waals surface area contributed by atoms with Crippen molar-refractivity contribution in [1.29, 1.82) is 0 Å². The molecule has 1 atom stereocenters. The number of amides is 1. The summed E-state index contributed by atoms with van der Waals surface area (Å²) in [5.41, 5.74) is 3.40. The maximum absolute atomic E-state index is 12.8. The lowest BCUT2D eigenvalue weighted by atomic mass is 10.1. The Bertz CT molecular complexity index is 1070. The van der Waals surface area contributed by atoms with E-state index in [9.17, 15) is 4.79 Å². The lowest BCUT2D eigenvalue weighted by molar-refractivity contribution is 0.0790. The Labute approximate surface area is 152 Å². The number of aromatic nitrogens is 3. The fraction of sp³-hybridized carbons (Fsp3) is 0.222. The molecule has 0 saturated carbocycles. The Morgan fingerprint density at radius 2 is 2.27 bits per heavy atom. The summed E-state index contributed by atoms with van der Waals surface area (Å²) in [6.45, 7) is 1.26. The zero-order valence-electron chi connectivity index (χ0n) is 13.7. The lowest BCUT2D eigenvalue weighted by Crippen LogP contribution is -2.28. The van der Waals surface area contributed by atoms with Crippen LogP contribution in [0.3, 0.4) is 0 Å². The van der Waals surface area contributed by atoms with Crippen molar-refractivity contribution in [2.24, 2.45) is 0 Å². The van der Waals surface area contributed by atoms with Crippen LogP contribution < -0.4 is 0 Å². The summed E-state index contributed by atoms with van der Waals surface area (Å²) in [4.78, 5) is 23.3. The molecule has 7 nitrogen and oxygen atoms in total. The quantitative estimate of drug-likeness (QED) is 0.551. The van der Waals surface area contributed by atoms with Crippen LogP contribution in [0.4, 0.5) is 0 Å². The van der Waals surface area contributed by atoms with E-state index in [1.165, 1.54) is 11.3 Å². The Balaban J connectivity index is 1.33. The van der Waals surface area contributed by atoms with Gasteiger partial charge in [-0.3, -0.25) is 4.79 Å². The summed E-state index contributed by atoms with van der Waals surface area (Å²) in [5.74, 6) is 1.62. The third kappa shape index (κ3) is 2.59. The summed E-state index contributed by atoms with van der Waals surface area (Å²) < 4.78 is 11.6. The highest BCUT2D eigenvalue weighted by Crippen LogP contribution is 2.29. The van der Waals surface area contributed by atoms with E-state index in [1.807, 2.05) is 23.1 Å². The van der Waals surface area contributed by atoms with Gasteiger partial charge in [0.15, 0.2) is 11.6 Å². The molecule has 0 aliphatic carbocycles. The van der Waals surface area contributed by atoms with Crippen LogP contribution in [-0.4, -0.2) is 39.0 Å². The number of hydrogen-bond donors (Lipinski definition) is 0. The van der Waals surface area contributed by atoms with E-state index in [0.29, 0.717) is 36.1 Å². The predicted octanol–water partition coefficient (Wildman–Crippen LogP) is 3.57. The second-order valence-corrected chi connectivity index (χ2v) is 7.09. The summed E-state index contributed by atoms with van der Waals surface area (Å²) in [6.07, 6.45) is 2.38. The minimum absolute atomic E-state index is 0.0255. The molecule has 1 fully saturated rings. The van der Waals surface area contributed by atoms with Crippen molar-refractivity contribution in [2.45, 2.75) is 12.3 Å². The van der Waals surface area contributed by atoms with Gasteiger partial charge in [-0.15, -0.1) is 11.3 Å². The molecule has 26 heavy (non-hydrogen) atoms. The molecule has 130 valence electrons. The number of rotatable bonds is 3. The molecule has 8 heteroatoms. The molecule has 0 radical (unpaired) electrons. The highest BCUT2D eigenvalue weighted by atomic mass is 32.1. The first-order valence-corrected chi connectivity index (χ1v) is 9.16. The van der Waals surface area contributed by atoms with Crippen LogP contribution >= 0.6 is 11.3 Å². The van der Waals surface area contributed by atoms with Gasteiger partial charge in [0.1, 0.15) is 0 Å². The summed E-state index contributed by atoms with van der Waals surface area (Å²) in [7, 11) is 0. The van der Waals surface area contributed by atoms with Crippen molar-refractivity contribution < 1.29 is 13.7 Å². The van der Waals surface area contributed by atoms with Gasteiger partial charge >= 0.3 is 0 Å². The molecule has 1 aromatic carbocycles. The van der Waals surface area contributed by atoms with Crippen LogP contribution in [-0.2, 0) is 0 Å². The molecule has 0 N–H and O–H groups in total. The van der Waals surface area contributed by atoms with Crippen LogP contribution in [0.15, 0.2) is 51.0 Å². The van der Waals surface area contributed by atoms with Gasteiger partial charge in [-0.1, -0.05) is 5.16 Å². The minimum Gasteiger partial charge on any atom is -0.459 e. The predicted molar refractivity (Wildman–Crippen MR) is 94.9 cm³/mol. The highest BCUT2D eigenvalue weighted by Gasteiger charge is 2.31. The summed E-state index contributed by atoms with van der Waals surface area (Å²) >= 11 is 1.54. The maximum Gasteiger partial charge on any atom is 0.293 e. The van der Waals surface area contributed by atoms with Gasteiger partial charge in [-0.25, -0.2) is 4.98 Å². The van der Waals surface area contributed by atoms with Crippen molar-refractivity contribution >= 4 is 27.5 Å². The number of thiazole rings is 1. The number of nitrogens with zero attached hydrogens (tertiary/aromatic N) is 4. The van der Waals surface area contributed by atoms with E-state index in [1.54, 1.807) is 23.9 Å². The number of fused-ring (bicyclic) bond motifs is 1. The number of furan rings is 1. The molecule has 1 amide bonds. The second kappa shape index (κ2) is 6.06.